The molecule has 0 unspecified atom stereocenters. The number of hydrogen-bond acceptors (Lipinski definition) is 1. The van der Waals surface area contributed by atoms with Gasteiger partial charge in [0.2, 0.25) is 0 Å². The van der Waals surface area contributed by atoms with E-state index in [4.69, 9.17) is 5.11 Å². The maximum atomic E-state index is 10.3. The third-order valence-electron chi connectivity index (χ3n) is 3.34. The fourth-order valence-electron chi connectivity index (χ4n) is 2.10. The van der Waals surface area contributed by atoms with Gasteiger partial charge in [0.05, 0.1) is 6.42 Å². The summed E-state index contributed by atoms with van der Waals surface area (Å²) in [5.74, 6) is -0.751. The van der Waals surface area contributed by atoms with Crippen LogP contribution < -0.4 is 0 Å². The molecule has 0 amide bonds. The largest absolute Gasteiger partial charge is 0.481 e. The first-order valence-corrected chi connectivity index (χ1v) is 8.29. The van der Waals surface area contributed by atoms with Gasteiger partial charge in [-0.2, -0.15) is 0 Å². The molecule has 0 aliphatic heterocycles. The maximum Gasteiger partial charge on any atom is 0.307 e. The summed E-state index contributed by atoms with van der Waals surface area (Å²) in [7, 11) is 0. The Balaban J connectivity index is 3.16. The zero-order valence-corrected chi connectivity index (χ0v) is 13.2. The van der Waals surface area contributed by atoms with E-state index >= 15 is 0 Å². The van der Waals surface area contributed by atoms with Crippen LogP contribution in [-0.2, 0) is 4.79 Å². The third kappa shape index (κ3) is 16.9. The van der Waals surface area contributed by atoms with Crippen LogP contribution in [0.25, 0.3) is 0 Å². The average molecular weight is 280 g/mol. The molecular formula is C18H32O2. The van der Waals surface area contributed by atoms with Crippen molar-refractivity contribution in [3.8, 4) is 0 Å². The molecular weight excluding hydrogens is 248 g/mol. The summed E-state index contributed by atoms with van der Waals surface area (Å²) in [6.45, 7) is 2.25. The fraction of sp³-hybridized carbons (Fsp3) is 0.722. The van der Waals surface area contributed by atoms with Gasteiger partial charge in [-0.15, -0.1) is 0 Å². The maximum absolute atomic E-state index is 10.3. The molecule has 20 heavy (non-hydrogen) atoms. The van der Waals surface area contributed by atoms with Gasteiger partial charge < -0.3 is 5.11 Å². The second kappa shape index (κ2) is 16.0. The first-order chi connectivity index (χ1) is 9.77. The number of carboxylic acids is 1. The molecule has 0 aromatic rings. The topological polar surface area (TPSA) is 37.3 Å². The highest BCUT2D eigenvalue weighted by Gasteiger charge is 1.90. The lowest BCUT2D eigenvalue weighted by molar-refractivity contribution is -0.136. The molecule has 0 aromatic carbocycles. The van der Waals surface area contributed by atoms with Crippen LogP contribution in [-0.4, -0.2) is 11.1 Å². The standard InChI is InChI=1S/C18H32O2/c1-2-3-4-5-6-7-8-9-10-11-12-13-14-15-16-17-18(19)20/h9-10,15-16H,2-8,11-14,17H2,1H3,(H,19,20)/b10-9-,16-15-. The second-order valence-corrected chi connectivity index (χ2v) is 5.38. The van der Waals surface area contributed by atoms with Crippen LogP contribution >= 0.6 is 0 Å². The minimum Gasteiger partial charge on any atom is -0.481 e. The van der Waals surface area contributed by atoms with Crippen molar-refractivity contribution in [1.29, 1.82) is 0 Å². The molecule has 116 valence electrons. The van der Waals surface area contributed by atoms with Gasteiger partial charge in [0.15, 0.2) is 0 Å². The first kappa shape index (κ1) is 18.9. The van der Waals surface area contributed by atoms with E-state index in [1.165, 1.54) is 51.4 Å². The molecule has 0 rings (SSSR count). The van der Waals surface area contributed by atoms with E-state index in [0.717, 1.165) is 19.3 Å². The molecule has 2 heteroatoms. The number of aliphatic carboxylic acids is 1. The molecule has 0 saturated heterocycles. The van der Waals surface area contributed by atoms with Crippen molar-refractivity contribution in [1.82, 2.24) is 0 Å². The Bertz CT molecular complexity index is 267. The SMILES string of the molecule is CCCCCCCC/C=C\CCCC/C=C\CC(=O)O. The molecule has 0 fully saturated rings. The summed E-state index contributed by atoms with van der Waals surface area (Å²) in [6, 6.07) is 0. The van der Waals surface area contributed by atoms with Crippen molar-refractivity contribution in [2.75, 3.05) is 0 Å². The minimum atomic E-state index is -0.751. The van der Waals surface area contributed by atoms with Gasteiger partial charge in [0, 0.05) is 0 Å². The van der Waals surface area contributed by atoms with Crippen LogP contribution in [0.1, 0.15) is 84.0 Å². The van der Waals surface area contributed by atoms with Crippen LogP contribution in [0.3, 0.4) is 0 Å². The number of carbonyl (C=O) groups is 1. The number of hydrogen-bond donors (Lipinski definition) is 1. The van der Waals surface area contributed by atoms with E-state index in [1.54, 1.807) is 6.08 Å². The van der Waals surface area contributed by atoms with Crippen molar-refractivity contribution < 1.29 is 9.90 Å². The van der Waals surface area contributed by atoms with Crippen molar-refractivity contribution in [2.45, 2.75) is 84.0 Å². The van der Waals surface area contributed by atoms with Gasteiger partial charge >= 0.3 is 5.97 Å². The van der Waals surface area contributed by atoms with Gasteiger partial charge in [-0.05, 0) is 38.5 Å². The van der Waals surface area contributed by atoms with Crippen LogP contribution in [0, 0.1) is 0 Å². The molecule has 0 aromatic heterocycles. The van der Waals surface area contributed by atoms with Gasteiger partial charge in [-0.1, -0.05) is 63.3 Å². The molecule has 0 aliphatic carbocycles. The monoisotopic (exact) mass is 280 g/mol. The molecule has 0 saturated carbocycles. The lowest BCUT2D eigenvalue weighted by Crippen LogP contribution is -1.89. The summed E-state index contributed by atoms with van der Waals surface area (Å²) in [4.78, 5) is 10.3. The van der Waals surface area contributed by atoms with Gasteiger partial charge in [-0.3, -0.25) is 4.79 Å². The zero-order chi connectivity index (χ0) is 14.9. The minimum absolute atomic E-state index is 0.151. The number of carboxylic acid groups (broad SMARTS) is 1. The Morgan fingerprint density at radius 1 is 0.750 bits per heavy atom. The summed E-state index contributed by atoms with van der Waals surface area (Å²) >= 11 is 0. The van der Waals surface area contributed by atoms with Crippen LogP contribution in [0.5, 0.6) is 0 Å². The van der Waals surface area contributed by atoms with Crippen LogP contribution in [0.15, 0.2) is 24.3 Å². The summed E-state index contributed by atoms with van der Waals surface area (Å²) < 4.78 is 0. The predicted octanol–water partition coefficient (Wildman–Crippen LogP) is 5.88. The summed E-state index contributed by atoms with van der Waals surface area (Å²) in [5.41, 5.74) is 0. The van der Waals surface area contributed by atoms with Crippen molar-refractivity contribution >= 4 is 5.97 Å². The lowest BCUT2D eigenvalue weighted by atomic mass is 10.1. The smallest absolute Gasteiger partial charge is 0.307 e. The highest BCUT2D eigenvalue weighted by atomic mass is 16.4. The van der Waals surface area contributed by atoms with E-state index < -0.39 is 5.97 Å². The average Bonchev–Trinajstić information content (AvgIpc) is 2.43. The van der Waals surface area contributed by atoms with E-state index in [9.17, 15) is 4.79 Å². The van der Waals surface area contributed by atoms with Crippen molar-refractivity contribution in [3.63, 3.8) is 0 Å². The van der Waals surface area contributed by atoms with Gasteiger partial charge in [0.1, 0.15) is 0 Å². The number of allylic oxidation sites excluding steroid dienone is 3. The molecule has 0 spiro atoms. The first-order valence-electron chi connectivity index (χ1n) is 8.29. The third-order valence-corrected chi connectivity index (χ3v) is 3.34. The van der Waals surface area contributed by atoms with E-state index in [1.807, 2.05) is 6.08 Å². The van der Waals surface area contributed by atoms with Crippen molar-refractivity contribution in [2.24, 2.45) is 0 Å². The molecule has 1 N–H and O–H groups in total. The molecule has 0 bridgehead atoms. The van der Waals surface area contributed by atoms with Crippen molar-refractivity contribution in [3.05, 3.63) is 24.3 Å². The highest BCUT2D eigenvalue weighted by molar-refractivity contribution is 5.68. The van der Waals surface area contributed by atoms with Gasteiger partial charge in [0.25, 0.3) is 0 Å². The number of rotatable bonds is 14. The molecule has 0 atom stereocenters. The Hall–Kier alpha value is -1.05. The Labute approximate surface area is 125 Å². The molecule has 2 nitrogen and oxygen atoms in total. The zero-order valence-electron chi connectivity index (χ0n) is 13.2. The summed E-state index contributed by atoms with van der Waals surface area (Å²) in [6.07, 6.45) is 22.4. The molecule has 0 aliphatic rings. The van der Waals surface area contributed by atoms with E-state index in [-0.39, 0.29) is 6.42 Å². The Morgan fingerprint density at radius 3 is 1.75 bits per heavy atom. The predicted molar refractivity (Wildman–Crippen MR) is 87.0 cm³/mol. The molecule has 0 heterocycles. The Kier molecular flexibility index (Phi) is 15.2. The second-order valence-electron chi connectivity index (χ2n) is 5.38. The van der Waals surface area contributed by atoms with Gasteiger partial charge in [-0.25, -0.2) is 0 Å². The Morgan fingerprint density at radius 2 is 1.20 bits per heavy atom. The fourth-order valence-corrected chi connectivity index (χ4v) is 2.10. The normalized spacial score (nSPS) is 11.7. The van der Waals surface area contributed by atoms with Crippen LogP contribution in [0.2, 0.25) is 0 Å². The van der Waals surface area contributed by atoms with Crippen LogP contribution in [0.4, 0.5) is 0 Å². The molecule has 0 radical (unpaired) electrons. The summed E-state index contributed by atoms with van der Waals surface area (Å²) in [5, 5.41) is 8.46. The van der Waals surface area contributed by atoms with E-state index in [2.05, 4.69) is 19.1 Å². The number of unbranched alkanes of at least 4 members (excludes halogenated alkanes) is 9. The van der Waals surface area contributed by atoms with E-state index in [0.29, 0.717) is 0 Å². The lowest BCUT2D eigenvalue weighted by Gasteiger charge is -1.97. The highest BCUT2D eigenvalue weighted by Crippen LogP contribution is 2.08. The quantitative estimate of drug-likeness (QED) is 0.318.